The van der Waals surface area contributed by atoms with E-state index in [4.69, 9.17) is 0 Å². The molecule has 0 aliphatic heterocycles. The maximum absolute atomic E-state index is 10.0. The summed E-state index contributed by atoms with van der Waals surface area (Å²) in [6.07, 6.45) is 1.87. The summed E-state index contributed by atoms with van der Waals surface area (Å²) in [6, 6.07) is 12.2. The normalized spacial score (nSPS) is 14.1. The molecule has 2 aromatic rings. The number of aliphatic hydroxyl groups excluding tert-OH is 1. The Bertz CT molecular complexity index is 559. The zero-order valence-electron chi connectivity index (χ0n) is 13.1. The van der Waals surface area contributed by atoms with Crippen molar-refractivity contribution in [2.75, 3.05) is 13.7 Å². The van der Waals surface area contributed by atoms with E-state index in [0.717, 1.165) is 24.1 Å². The lowest BCUT2D eigenvalue weighted by Crippen LogP contribution is -2.47. The van der Waals surface area contributed by atoms with Crippen LogP contribution in [0.25, 0.3) is 0 Å². The molecule has 1 atom stereocenters. The van der Waals surface area contributed by atoms with Crippen molar-refractivity contribution in [3.05, 3.63) is 53.3 Å². The minimum absolute atomic E-state index is 0.0258. The highest BCUT2D eigenvalue weighted by Gasteiger charge is 2.31. The molecule has 0 bridgehead atoms. The first-order valence-corrected chi connectivity index (χ1v) is 7.60. The van der Waals surface area contributed by atoms with Crippen LogP contribution >= 0.6 is 0 Å². The molecule has 0 saturated heterocycles. The Balaban J connectivity index is 2.39. The maximum Gasteiger partial charge on any atom is 0.0865 e. The van der Waals surface area contributed by atoms with Gasteiger partial charge in [0.25, 0.3) is 0 Å². The van der Waals surface area contributed by atoms with E-state index in [9.17, 15) is 5.11 Å². The average molecular weight is 287 g/mol. The van der Waals surface area contributed by atoms with Gasteiger partial charge in [-0.2, -0.15) is 5.10 Å². The van der Waals surface area contributed by atoms with Gasteiger partial charge in [-0.1, -0.05) is 44.2 Å². The number of hydrogen-bond donors (Lipinski definition) is 2. The van der Waals surface area contributed by atoms with Gasteiger partial charge in [-0.05, 0) is 31.5 Å². The SMILES string of the molecule is CCc1cc(CC)n(CC(CO)(NC)c2ccccc2)n1. The largest absolute Gasteiger partial charge is 0.394 e. The quantitative estimate of drug-likeness (QED) is 0.820. The Labute approximate surface area is 126 Å². The second-order valence-corrected chi connectivity index (χ2v) is 5.35. The summed E-state index contributed by atoms with van der Waals surface area (Å²) >= 11 is 0. The first kappa shape index (κ1) is 15.7. The zero-order valence-corrected chi connectivity index (χ0v) is 13.1. The van der Waals surface area contributed by atoms with Gasteiger partial charge in [-0.3, -0.25) is 4.68 Å². The van der Waals surface area contributed by atoms with Crippen LogP contribution in [-0.4, -0.2) is 28.5 Å². The van der Waals surface area contributed by atoms with E-state index in [1.165, 1.54) is 5.69 Å². The molecule has 4 nitrogen and oxygen atoms in total. The van der Waals surface area contributed by atoms with Crippen LogP contribution in [0, 0.1) is 0 Å². The van der Waals surface area contributed by atoms with Gasteiger partial charge in [0, 0.05) is 5.69 Å². The Morgan fingerprint density at radius 1 is 1.19 bits per heavy atom. The Morgan fingerprint density at radius 2 is 1.90 bits per heavy atom. The van der Waals surface area contributed by atoms with Crippen LogP contribution < -0.4 is 5.32 Å². The molecule has 0 aliphatic rings. The van der Waals surface area contributed by atoms with Crippen molar-refractivity contribution in [1.29, 1.82) is 0 Å². The van der Waals surface area contributed by atoms with Crippen molar-refractivity contribution < 1.29 is 5.11 Å². The second kappa shape index (κ2) is 6.87. The van der Waals surface area contributed by atoms with Gasteiger partial charge in [0.1, 0.15) is 0 Å². The van der Waals surface area contributed by atoms with Gasteiger partial charge in [-0.15, -0.1) is 0 Å². The molecule has 0 fully saturated rings. The van der Waals surface area contributed by atoms with E-state index in [1.807, 2.05) is 42.1 Å². The minimum Gasteiger partial charge on any atom is -0.394 e. The Morgan fingerprint density at radius 3 is 2.43 bits per heavy atom. The van der Waals surface area contributed by atoms with Crippen molar-refractivity contribution in [3.8, 4) is 0 Å². The van der Waals surface area contributed by atoms with Gasteiger partial charge in [-0.25, -0.2) is 0 Å². The number of nitrogens with one attached hydrogen (secondary N) is 1. The molecule has 0 radical (unpaired) electrons. The van der Waals surface area contributed by atoms with Gasteiger partial charge < -0.3 is 10.4 Å². The van der Waals surface area contributed by atoms with E-state index in [1.54, 1.807) is 0 Å². The van der Waals surface area contributed by atoms with Crippen LogP contribution in [0.3, 0.4) is 0 Å². The number of aromatic nitrogens is 2. The second-order valence-electron chi connectivity index (χ2n) is 5.35. The molecule has 1 aromatic carbocycles. The summed E-state index contributed by atoms with van der Waals surface area (Å²) in [5, 5.41) is 18.0. The number of nitrogens with zero attached hydrogens (tertiary/aromatic N) is 2. The third kappa shape index (κ3) is 3.17. The third-order valence-corrected chi connectivity index (χ3v) is 4.13. The summed E-state index contributed by atoms with van der Waals surface area (Å²) in [7, 11) is 1.89. The van der Waals surface area contributed by atoms with E-state index in [-0.39, 0.29) is 6.61 Å². The predicted octanol–water partition coefficient (Wildman–Crippen LogP) is 2.12. The molecule has 1 unspecified atom stereocenters. The molecule has 1 aromatic heterocycles. The smallest absolute Gasteiger partial charge is 0.0865 e. The summed E-state index contributed by atoms with van der Waals surface area (Å²) in [6.45, 7) is 4.89. The van der Waals surface area contributed by atoms with Crippen LogP contribution in [0.2, 0.25) is 0 Å². The van der Waals surface area contributed by atoms with Gasteiger partial charge in [0.2, 0.25) is 0 Å². The summed E-state index contributed by atoms with van der Waals surface area (Å²) < 4.78 is 2.03. The van der Waals surface area contributed by atoms with Crippen LogP contribution in [-0.2, 0) is 24.9 Å². The van der Waals surface area contributed by atoms with Gasteiger partial charge >= 0.3 is 0 Å². The fourth-order valence-corrected chi connectivity index (χ4v) is 2.66. The van der Waals surface area contributed by atoms with Gasteiger partial charge in [0.15, 0.2) is 0 Å². The lowest BCUT2D eigenvalue weighted by atomic mass is 9.90. The Hall–Kier alpha value is -1.65. The molecule has 21 heavy (non-hydrogen) atoms. The molecule has 2 N–H and O–H groups in total. The van der Waals surface area contributed by atoms with Crippen molar-refractivity contribution >= 4 is 0 Å². The molecule has 0 aliphatic carbocycles. The molecule has 0 spiro atoms. The minimum atomic E-state index is -0.512. The molecular weight excluding hydrogens is 262 g/mol. The molecule has 2 rings (SSSR count). The highest BCUT2D eigenvalue weighted by molar-refractivity contribution is 5.25. The van der Waals surface area contributed by atoms with Crippen molar-refractivity contribution in [3.63, 3.8) is 0 Å². The van der Waals surface area contributed by atoms with Crippen LogP contribution in [0.5, 0.6) is 0 Å². The van der Waals surface area contributed by atoms with Gasteiger partial charge in [0.05, 0.1) is 24.4 Å². The molecule has 1 heterocycles. The summed E-state index contributed by atoms with van der Waals surface area (Å²) in [5.74, 6) is 0. The highest BCUT2D eigenvalue weighted by atomic mass is 16.3. The van der Waals surface area contributed by atoms with Crippen LogP contribution in [0.1, 0.15) is 30.8 Å². The number of aliphatic hydroxyl groups is 1. The van der Waals surface area contributed by atoms with Crippen molar-refractivity contribution in [1.82, 2.24) is 15.1 Å². The zero-order chi connectivity index (χ0) is 15.3. The third-order valence-electron chi connectivity index (χ3n) is 4.13. The average Bonchev–Trinajstić information content (AvgIpc) is 2.95. The number of rotatable bonds is 7. The van der Waals surface area contributed by atoms with E-state index < -0.39 is 5.54 Å². The van der Waals surface area contributed by atoms with E-state index >= 15 is 0 Å². The fraction of sp³-hybridized carbons (Fsp3) is 0.471. The number of likely N-dealkylation sites (N-methyl/N-ethyl adjacent to an activating group) is 1. The van der Waals surface area contributed by atoms with Crippen molar-refractivity contribution in [2.45, 2.75) is 38.8 Å². The molecule has 114 valence electrons. The standard InChI is InChI=1S/C17H25N3O/c1-4-15-11-16(5-2)20(19-15)12-17(13-21,18-3)14-9-7-6-8-10-14/h6-11,18,21H,4-5,12-13H2,1-3H3. The lowest BCUT2D eigenvalue weighted by molar-refractivity contribution is 0.145. The van der Waals surface area contributed by atoms with E-state index in [2.05, 4.69) is 30.3 Å². The van der Waals surface area contributed by atoms with Crippen LogP contribution in [0.4, 0.5) is 0 Å². The molecule has 0 saturated carbocycles. The maximum atomic E-state index is 10.0. The topological polar surface area (TPSA) is 50.1 Å². The number of hydrogen-bond acceptors (Lipinski definition) is 3. The Kier molecular flexibility index (Phi) is 5.15. The number of benzene rings is 1. The van der Waals surface area contributed by atoms with Crippen molar-refractivity contribution in [2.24, 2.45) is 0 Å². The molecular formula is C17H25N3O. The van der Waals surface area contributed by atoms with Crippen LogP contribution in [0.15, 0.2) is 36.4 Å². The molecule has 0 amide bonds. The lowest BCUT2D eigenvalue weighted by Gasteiger charge is -2.32. The monoisotopic (exact) mass is 287 g/mol. The van der Waals surface area contributed by atoms with E-state index in [0.29, 0.717) is 6.54 Å². The highest BCUT2D eigenvalue weighted by Crippen LogP contribution is 2.23. The number of aryl methyl sites for hydroxylation is 2. The fourth-order valence-electron chi connectivity index (χ4n) is 2.66. The first-order valence-electron chi connectivity index (χ1n) is 7.60. The predicted molar refractivity (Wildman–Crippen MR) is 85.2 cm³/mol. The molecule has 4 heteroatoms. The first-order chi connectivity index (χ1) is 10.2. The summed E-state index contributed by atoms with van der Waals surface area (Å²) in [5.41, 5.74) is 2.87. The summed E-state index contributed by atoms with van der Waals surface area (Å²) in [4.78, 5) is 0.